The summed E-state index contributed by atoms with van der Waals surface area (Å²) in [6, 6.07) is 1.80. The zero-order chi connectivity index (χ0) is 17.7. The first kappa shape index (κ1) is 18.6. The number of aromatic nitrogens is 2. The van der Waals surface area contributed by atoms with Crippen molar-refractivity contribution in [3.05, 3.63) is 18.5 Å². The topological polar surface area (TPSA) is 78.4 Å². The second-order valence-corrected chi connectivity index (χ2v) is 7.71. The van der Waals surface area contributed by atoms with Crippen LogP contribution in [0.4, 0.5) is 5.95 Å². The minimum atomic E-state index is -0.435. The smallest absolute Gasteiger partial charge is 0.225 e. The van der Waals surface area contributed by atoms with Crippen LogP contribution in [-0.2, 0) is 4.79 Å². The fraction of sp³-hybridized carbons (Fsp3) is 0.722. The average molecular weight is 334 g/mol. The SMILES string of the molecule is CC(C)C(O)C(C)(C)CNC(=O)C1CCN(c2ncccn2)CC1. The summed E-state index contributed by atoms with van der Waals surface area (Å²) in [7, 11) is 0. The molecular weight excluding hydrogens is 304 g/mol. The number of aliphatic hydroxyl groups excluding tert-OH is 1. The Morgan fingerprint density at radius 2 is 1.92 bits per heavy atom. The van der Waals surface area contributed by atoms with Crippen LogP contribution in [0.5, 0.6) is 0 Å². The lowest BCUT2D eigenvalue weighted by molar-refractivity contribution is -0.126. The minimum absolute atomic E-state index is 0.0250. The number of aliphatic hydroxyl groups is 1. The van der Waals surface area contributed by atoms with Crippen LogP contribution < -0.4 is 10.2 Å². The molecule has 2 rings (SSSR count). The average Bonchev–Trinajstić information content (AvgIpc) is 2.60. The molecule has 1 saturated heterocycles. The third-order valence-electron chi connectivity index (χ3n) is 4.85. The summed E-state index contributed by atoms with van der Waals surface area (Å²) in [5.74, 6) is 1.02. The number of hydrogen-bond donors (Lipinski definition) is 2. The zero-order valence-corrected chi connectivity index (χ0v) is 15.2. The third kappa shape index (κ3) is 4.66. The standard InChI is InChI=1S/C18H30N4O2/c1-13(2)15(23)18(3,4)12-21-16(24)14-6-10-22(11-7-14)17-19-8-5-9-20-17/h5,8-9,13-15,23H,6-7,10-12H2,1-4H3,(H,21,24). The summed E-state index contributed by atoms with van der Waals surface area (Å²) in [5.41, 5.74) is -0.331. The van der Waals surface area contributed by atoms with Gasteiger partial charge in [0.25, 0.3) is 0 Å². The Kier molecular flexibility index (Phi) is 6.15. The lowest BCUT2D eigenvalue weighted by Gasteiger charge is -2.35. The largest absolute Gasteiger partial charge is 0.392 e. The van der Waals surface area contributed by atoms with Gasteiger partial charge in [-0.3, -0.25) is 4.79 Å². The number of rotatable bonds is 6. The molecule has 1 unspecified atom stereocenters. The fourth-order valence-electron chi connectivity index (χ4n) is 3.26. The van der Waals surface area contributed by atoms with Gasteiger partial charge in [-0.25, -0.2) is 9.97 Å². The van der Waals surface area contributed by atoms with Crippen molar-refractivity contribution in [2.75, 3.05) is 24.5 Å². The molecule has 6 nitrogen and oxygen atoms in total. The molecule has 1 aliphatic rings. The molecule has 1 aliphatic heterocycles. The van der Waals surface area contributed by atoms with Crippen molar-refractivity contribution >= 4 is 11.9 Å². The molecule has 0 bridgehead atoms. The van der Waals surface area contributed by atoms with E-state index in [4.69, 9.17) is 0 Å². The predicted octanol–water partition coefficient (Wildman–Crippen LogP) is 1.85. The number of amides is 1. The van der Waals surface area contributed by atoms with Crippen molar-refractivity contribution in [1.82, 2.24) is 15.3 Å². The molecule has 2 N–H and O–H groups in total. The van der Waals surface area contributed by atoms with Crippen LogP contribution in [0.2, 0.25) is 0 Å². The summed E-state index contributed by atoms with van der Waals surface area (Å²) in [6.07, 6.45) is 4.65. The number of nitrogens with zero attached hydrogens (tertiary/aromatic N) is 3. The molecule has 134 valence electrons. The molecule has 1 fully saturated rings. The van der Waals surface area contributed by atoms with Crippen LogP contribution in [0.3, 0.4) is 0 Å². The highest BCUT2D eigenvalue weighted by molar-refractivity contribution is 5.79. The number of carbonyl (C=O) groups is 1. The summed E-state index contributed by atoms with van der Waals surface area (Å²) >= 11 is 0. The summed E-state index contributed by atoms with van der Waals surface area (Å²) in [5, 5.41) is 13.3. The molecule has 6 heteroatoms. The Morgan fingerprint density at radius 3 is 2.46 bits per heavy atom. The van der Waals surface area contributed by atoms with E-state index in [1.807, 2.05) is 27.7 Å². The van der Waals surface area contributed by atoms with Gasteiger partial charge in [-0.05, 0) is 24.8 Å². The normalized spacial score (nSPS) is 17.8. The lowest BCUT2D eigenvalue weighted by atomic mass is 9.80. The highest BCUT2D eigenvalue weighted by Crippen LogP contribution is 2.26. The molecule has 1 atom stereocenters. The number of nitrogens with one attached hydrogen (secondary N) is 1. The Hall–Kier alpha value is -1.69. The Bertz CT molecular complexity index is 525. The van der Waals surface area contributed by atoms with E-state index in [-0.39, 0.29) is 23.2 Å². The summed E-state index contributed by atoms with van der Waals surface area (Å²) in [6.45, 7) is 10.1. The number of anilines is 1. The van der Waals surface area contributed by atoms with Crippen LogP contribution in [0.25, 0.3) is 0 Å². The van der Waals surface area contributed by atoms with Gasteiger partial charge < -0.3 is 15.3 Å². The zero-order valence-electron chi connectivity index (χ0n) is 15.2. The van der Waals surface area contributed by atoms with Gasteiger partial charge in [0.2, 0.25) is 11.9 Å². The maximum Gasteiger partial charge on any atom is 0.225 e. The first-order chi connectivity index (χ1) is 11.3. The van der Waals surface area contributed by atoms with Gasteiger partial charge in [-0.2, -0.15) is 0 Å². The van der Waals surface area contributed by atoms with E-state index < -0.39 is 6.10 Å². The maximum atomic E-state index is 12.4. The second kappa shape index (κ2) is 7.92. The van der Waals surface area contributed by atoms with Crippen LogP contribution in [0, 0.1) is 17.3 Å². The first-order valence-corrected chi connectivity index (χ1v) is 8.79. The van der Waals surface area contributed by atoms with E-state index in [1.54, 1.807) is 18.5 Å². The second-order valence-electron chi connectivity index (χ2n) is 7.71. The molecule has 0 aromatic carbocycles. The molecule has 0 aliphatic carbocycles. The molecule has 0 radical (unpaired) electrons. The van der Waals surface area contributed by atoms with E-state index in [2.05, 4.69) is 20.2 Å². The van der Waals surface area contributed by atoms with Gasteiger partial charge in [0, 0.05) is 43.4 Å². The quantitative estimate of drug-likeness (QED) is 0.830. The van der Waals surface area contributed by atoms with Gasteiger partial charge in [-0.1, -0.05) is 27.7 Å². The van der Waals surface area contributed by atoms with E-state index in [1.165, 1.54) is 0 Å². The van der Waals surface area contributed by atoms with Gasteiger partial charge in [0.05, 0.1) is 6.10 Å². The van der Waals surface area contributed by atoms with Crippen molar-refractivity contribution in [2.24, 2.45) is 17.3 Å². The van der Waals surface area contributed by atoms with Crippen molar-refractivity contribution in [3.8, 4) is 0 Å². The highest BCUT2D eigenvalue weighted by Gasteiger charge is 2.32. The molecule has 1 aromatic heterocycles. The summed E-state index contributed by atoms with van der Waals surface area (Å²) < 4.78 is 0. The van der Waals surface area contributed by atoms with E-state index in [0.717, 1.165) is 31.9 Å². The highest BCUT2D eigenvalue weighted by atomic mass is 16.3. The molecule has 2 heterocycles. The predicted molar refractivity (Wildman–Crippen MR) is 94.6 cm³/mol. The van der Waals surface area contributed by atoms with Crippen LogP contribution in [-0.4, -0.2) is 46.7 Å². The van der Waals surface area contributed by atoms with Gasteiger partial charge in [0.1, 0.15) is 0 Å². The van der Waals surface area contributed by atoms with Crippen LogP contribution in [0.15, 0.2) is 18.5 Å². The van der Waals surface area contributed by atoms with Crippen molar-refractivity contribution < 1.29 is 9.90 Å². The van der Waals surface area contributed by atoms with E-state index in [9.17, 15) is 9.90 Å². The first-order valence-electron chi connectivity index (χ1n) is 8.79. The molecule has 1 amide bonds. The van der Waals surface area contributed by atoms with Crippen LogP contribution in [0.1, 0.15) is 40.5 Å². The molecule has 0 spiro atoms. The number of piperidine rings is 1. The maximum absolute atomic E-state index is 12.4. The summed E-state index contributed by atoms with van der Waals surface area (Å²) in [4.78, 5) is 23.1. The monoisotopic (exact) mass is 334 g/mol. The molecular formula is C18H30N4O2. The van der Waals surface area contributed by atoms with Crippen LogP contribution >= 0.6 is 0 Å². The molecule has 0 saturated carbocycles. The number of carbonyl (C=O) groups excluding carboxylic acids is 1. The van der Waals surface area contributed by atoms with E-state index in [0.29, 0.717) is 6.54 Å². The van der Waals surface area contributed by atoms with Crippen molar-refractivity contribution in [2.45, 2.75) is 46.6 Å². The number of hydrogen-bond acceptors (Lipinski definition) is 5. The lowest BCUT2D eigenvalue weighted by Crippen LogP contribution is -2.47. The minimum Gasteiger partial charge on any atom is -0.392 e. The Morgan fingerprint density at radius 1 is 1.33 bits per heavy atom. The van der Waals surface area contributed by atoms with Gasteiger partial charge in [0.15, 0.2) is 0 Å². The Labute approximate surface area is 144 Å². The molecule has 1 aromatic rings. The van der Waals surface area contributed by atoms with Gasteiger partial charge in [-0.15, -0.1) is 0 Å². The van der Waals surface area contributed by atoms with Crippen molar-refractivity contribution in [1.29, 1.82) is 0 Å². The Balaban J connectivity index is 1.81. The van der Waals surface area contributed by atoms with E-state index >= 15 is 0 Å². The van der Waals surface area contributed by atoms with Gasteiger partial charge >= 0.3 is 0 Å². The third-order valence-corrected chi connectivity index (χ3v) is 4.85. The fourth-order valence-corrected chi connectivity index (χ4v) is 3.26. The molecule has 24 heavy (non-hydrogen) atoms. The van der Waals surface area contributed by atoms with Crippen molar-refractivity contribution in [3.63, 3.8) is 0 Å².